The van der Waals surface area contributed by atoms with E-state index in [1.807, 2.05) is 39.0 Å². The third-order valence-corrected chi connectivity index (χ3v) is 7.64. The number of ether oxygens (including phenoxy) is 1. The summed E-state index contributed by atoms with van der Waals surface area (Å²) in [5, 5.41) is 0. The molecule has 0 N–H and O–H groups in total. The first-order valence-corrected chi connectivity index (χ1v) is 11.8. The molecule has 162 valence electrons. The molecule has 0 unspecified atom stereocenters. The Morgan fingerprint density at radius 3 is 2.53 bits per heavy atom. The number of hydrogen-bond donors (Lipinski definition) is 0. The molecule has 1 heterocycles. The monoisotopic (exact) mass is 430 g/mol. The second-order valence-corrected chi connectivity index (χ2v) is 9.46. The van der Waals surface area contributed by atoms with Crippen molar-refractivity contribution in [3.8, 4) is 5.75 Å². The molecule has 1 aliphatic rings. The summed E-state index contributed by atoms with van der Waals surface area (Å²) < 4.78 is 32.6. The number of aryl methyl sites for hydroxylation is 2. The lowest BCUT2D eigenvalue weighted by Gasteiger charge is -2.30. The van der Waals surface area contributed by atoms with Crippen LogP contribution in [0.25, 0.3) is 0 Å². The van der Waals surface area contributed by atoms with E-state index in [2.05, 4.69) is 0 Å². The van der Waals surface area contributed by atoms with E-state index in [-0.39, 0.29) is 12.3 Å². The third kappa shape index (κ3) is 4.37. The van der Waals surface area contributed by atoms with Gasteiger partial charge in [0.2, 0.25) is 15.9 Å². The number of methoxy groups -OCH3 is 1. The van der Waals surface area contributed by atoms with Crippen molar-refractivity contribution in [2.24, 2.45) is 0 Å². The van der Waals surface area contributed by atoms with E-state index < -0.39 is 10.0 Å². The zero-order valence-corrected chi connectivity index (χ0v) is 19.0. The number of amides is 1. The Bertz CT molecular complexity index is 1030. The molecule has 6 nitrogen and oxygen atoms in total. The molecule has 3 rings (SSSR count). The number of nitrogens with zero attached hydrogens (tertiary/aromatic N) is 2. The maximum Gasteiger partial charge on any atom is 0.243 e. The van der Waals surface area contributed by atoms with Crippen molar-refractivity contribution in [2.75, 3.05) is 31.6 Å². The van der Waals surface area contributed by atoms with Crippen molar-refractivity contribution in [1.82, 2.24) is 4.31 Å². The van der Waals surface area contributed by atoms with Crippen LogP contribution in [-0.2, 0) is 27.7 Å². The van der Waals surface area contributed by atoms with Crippen LogP contribution in [0.1, 0.15) is 37.0 Å². The predicted molar refractivity (Wildman–Crippen MR) is 119 cm³/mol. The van der Waals surface area contributed by atoms with E-state index in [1.54, 1.807) is 30.2 Å². The maximum absolute atomic E-state index is 13.1. The quantitative estimate of drug-likeness (QED) is 0.674. The molecule has 30 heavy (non-hydrogen) atoms. The van der Waals surface area contributed by atoms with Gasteiger partial charge in [0, 0.05) is 30.9 Å². The van der Waals surface area contributed by atoms with Crippen molar-refractivity contribution in [3.05, 3.63) is 53.1 Å². The summed E-state index contributed by atoms with van der Waals surface area (Å²) in [6.45, 7) is 7.14. The molecule has 1 amide bonds. The van der Waals surface area contributed by atoms with E-state index in [0.29, 0.717) is 30.3 Å². The Labute approximate surface area is 179 Å². The molecular formula is C23H30N2O4S. The number of carbonyl (C=O) groups excluding carboxylic acids is 1. The average Bonchev–Trinajstić information content (AvgIpc) is 2.73. The zero-order chi connectivity index (χ0) is 21.9. The Balaban J connectivity index is 1.89. The highest BCUT2D eigenvalue weighted by molar-refractivity contribution is 7.89. The highest BCUT2D eigenvalue weighted by atomic mass is 32.2. The molecule has 2 aromatic rings. The SMILES string of the molecule is CCN(CC)S(=O)(=O)c1ccc2c(c1)CCCN2C(=O)Cc1cc(C)ccc1OC. The van der Waals surface area contributed by atoms with E-state index in [4.69, 9.17) is 4.74 Å². The molecule has 1 aliphatic heterocycles. The summed E-state index contributed by atoms with van der Waals surface area (Å²) in [5.41, 5.74) is 3.63. The van der Waals surface area contributed by atoms with Gasteiger partial charge in [-0.25, -0.2) is 8.42 Å². The van der Waals surface area contributed by atoms with E-state index in [9.17, 15) is 13.2 Å². The third-order valence-electron chi connectivity index (χ3n) is 5.59. The van der Waals surface area contributed by atoms with Crippen LogP contribution in [0.3, 0.4) is 0 Å². The van der Waals surface area contributed by atoms with Gasteiger partial charge in [-0.05, 0) is 49.6 Å². The Hall–Kier alpha value is -2.38. The summed E-state index contributed by atoms with van der Waals surface area (Å²) >= 11 is 0. The van der Waals surface area contributed by atoms with Crippen LogP contribution >= 0.6 is 0 Å². The molecular weight excluding hydrogens is 400 g/mol. The molecule has 0 saturated heterocycles. The highest BCUT2D eigenvalue weighted by Gasteiger charge is 2.27. The van der Waals surface area contributed by atoms with Gasteiger partial charge in [-0.1, -0.05) is 31.5 Å². The van der Waals surface area contributed by atoms with E-state index in [1.165, 1.54) is 4.31 Å². The Kier molecular flexibility index (Phi) is 6.83. The van der Waals surface area contributed by atoms with Gasteiger partial charge >= 0.3 is 0 Å². The minimum absolute atomic E-state index is 0.0146. The normalized spacial score (nSPS) is 14.0. The summed E-state index contributed by atoms with van der Waals surface area (Å²) in [6, 6.07) is 10.9. The van der Waals surface area contributed by atoms with Gasteiger partial charge in [0.1, 0.15) is 5.75 Å². The van der Waals surface area contributed by atoms with Crippen molar-refractivity contribution in [1.29, 1.82) is 0 Å². The largest absolute Gasteiger partial charge is 0.496 e. The molecule has 7 heteroatoms. The second kappa shape index (κ2) is 9.18. The first-order chi connectivity index (χ1) is 14.3. The maximum atomic E-state index is 13.1. The average molecular weight is 431 g/mol. The molecule has 0 atom stereocenters. The summed E-state index contributed by atoms with van der Waals surface area (Å²) in [5.74, 6) is 0.686. The first kappa shape index (κ1) is 22.3. The van der Waals surface area contributed by atoms with E-state index in [0.717, 1.165) is 35.2 Å². The lowest BCUT2D eigenvalue weighted by molar-refractivity contribution is -0.118. The van der Waals surface area contributed by atoms with Crippen LogP contribution in [0.5, 0.6) is 5.75 Å². The fourth-order valence-electron chi connectivity index (χ4n) is 4.01. The minimum Gasteiger partial charge on any atom is -0.496 e. The number of benzene rings is 2. The zero-order valence-electron chi connectivity index (χ0n) is 18.1. The van der Waals surface area contributed by atoms with Gasteiger partial charge < -0.3 is 9.64 Å². The van der Waals surface area contributed by atoms with Gasteiger partial charge in [-0.3, -0.25) is 4.79 Å². The topological polar surface area (TPSA) is 66.9 Å². The number of anilines is 1. The number of sulfonamides is 1. The van der Waals surface area contributed by atoms with Crippen LogP contribution < -0.4 is 9.64 Å². The summed E-state index contributed by atoms with van der Waals surface area (Å²) in [6.07, 6.45) is 1.80. The summed E-state index contributed by atoms with van der Waals surface area (Å²) in [7, 11) is -1.92. The van der Waals surface area contributed by atoms with Gasteiger partial charge in [0.15, 0.2) is 0 Å². The minimum atomic E-state index is -3.52. The van der Waals surface area contributed by atoms with Gasteiger partial charge in [-0.2, -0.15) is 4.31 Å². The molecule has 0 spiro atoms. The molecule has 0 saturated carbocycles. The number of hydrogen-bond acceptors (Lipinski definition) is 4. The molecule has 0 aliphatic carbocycles. The second-order valence-electron chi connectivity index (χ2n) is 7.52. The molecule has 0 radical (unpaired) electrons. The van der Waals surface area contributed by atoms with Crippen LogP contribution in [0.2, 0.25) is 0 Å². The first-order valence-electron chi connectivity index (χ1n) is 10.4. The lowest BCUT2D eigenvalue weighted by Crippen LogP contribution is -2.37. The van der Waals surface area contributed by atoms with Crippen LogP contribution in [0, 0.1) is 6.92 Å². The highest BCUT2D eigenvalue weighted by Crippen LogP contribution is 2.31. The smallest absolute Gasteiger partial charge is 0.243 e. The van der Waals surface area contributed by atoms with Gasteiger partial charge in [0.25, 0.3) is 0 Å². The number of fused-ring (bicyclic) bond motifs is 1. The fraction of sp³-hybridized carbons (Fsp3) is 0.435. The van der Waals surface area contributed by atoms with Crippen LogP contribution in [0.4, 0.5) is 5.69 Å². The van der Waals surface area contributed by atoms with Crippen molar-refractivity contribution in [2.45, 2.75) is 44.9 Å². The molecule has 0 fully saturated rings. The fourth-order valence-corrected chi connectivity index (χ4v) is 5.52. The van der Waals surface area contributed by atoms with Gasteiger partial charge in [0.05, 0.1) is 18.4 Å². The van der Waals surface area contributed by atoms with Crippen LogP contribution in [0.15, 0.2) is 41.3 Å². The van der Waals surface area contributed by atoms with Crippen molar-refractivity contribution < 1.29 is 17.9 Å². The molecule has 0 aromatic heterocycles. The Morgan fingerprint density at radius 2 is 1.87 bits per heavy atom. The van der Waals surface area contributed by atoms with Crippen molar-refractivity contribution >= 4 is 21.6 Å². The predicted octanol–water partition coefficient (Wildman–Crippen LogP) is 3.56. The lowest BCUT2D eigenvalue weighted by atomic mass is 10.00. The molecule has 2 aromatic carbocycles. The standard InChI is InChI=1S/C23H30N2O4S/c1-5-24(6-2)30(27,28)20-10-11-21-18(15-20)8-7-13-25(21)23(26)16-19-14-17(3)9-12-22(19)29-4/h9-12,14-15H,5-8,13,16H2,1-4H3. The molecule has 0 bridgehead atoms. The van der Waals surface area contributed by atoms with E-state index >= 15 is 0 Å². The van der Waals surface area contributed by atoms with Crippen LogP contribution in [-0.4, -0.2) is 45.4 Å². The Morgan fingerprint density at radius 1 is 1.13 bits per heavy atom. The number of carbonyl (C=O) groups is 1. The summed E-state index contributed by atoms with van der Waals surface area (Å²) in [4.78, 5) is 15.2. The van der Waals surface area contributed by atoms with Crippen molar-refractivity contribution in [3.63, 3.8) is 0 Å². The number of rotatable bonds is 7. The van der Waals surface area contributed by atoms with Gasteiger partial charge in [-0.15, -0.1) is 0 Å².